The Labute approximate surface area is 126 Å². The summed E-state index contributed by atoms with van der Waals surface area (Å²) < 4.78 is 0.431. The topological polar surface area (TPSA) is 54.7 Å². The van der Waals surface area contributed by atoms with Gasteiger partial charge in [-0.2, -0.15) is 0 Å². The van der Waals surface area contributed by atoms with Crippen molar-refractivity contribution in [3.05, 3.63) is 44.5 Å². The third-order valence-corrected chi connectivity index (χ3v) is 3.21. The van der Waals surface area contributed by atoms with Gasteiger partial charge >= 0.3 is 0 Å². The van der Waals surface area contributed by atoms with Crippen LogP contribution in [0.15, 0.2) is 24.3 Å². The number of aromatic nitrogens is 2. The van der Waals surface area contributed by atoms with Crippen LogP contribution in [0.5, 0.6) is 0 Å². The Balaban J connectivity index is 2.76. The van der Waals surface area contributed by atoms with Gasteiger partial charge < -0.3 is 10.7 Å². The van der Waals surface area contributed by atoms with Gasteiger partial charge in [0, 0.05) is 21.2 Å². The molecular weight excluding hydrogens is 301 g/mol. The summed E-state index contributed by atoms with van der Waals surface area (Å²) in [6.07, 6.45) is 3.75. The summed E-state index contributed by atoms with van der Waals surface area (Å²) in [4.78, 5) is 7.05. The molecule has 0 radical (unpaired) electrons. The monoisotopic (exact) mass is 311 g/mol. The minimum atomic E-state index is 0.254. The molecule has 0 amide bonds. The first-order chi connectivity index (χ1) is 9.01. The van der Waals surface area contributed by atoms with Crippen LogP contribution in [0.4, 0.5) is 5.95 Å². The van der Waals surface area contributed by atoms with Crippen molar-refractivity contribution in [2.24, 2.45) is 0 Å². The number of H-pyrrole nitrogens is 1. The van der Waals surface area contributed by atoms with Crippen molar-refractivity contribution >= 4 is 47.4 Å². The van der Waals surface area contributed by atoms with E-state index in [0.717, 1.165) is 16.8 Å². The van der Waals surface area contributed by atoms with Crippen LogP contribution in [0.2, 0.25) is 10.0 Å². The summed E-state index contributed by atoms with van der Waals surface area (Å²) >= 11 is 17.3. The highest BCUT2D eigenvalue weighted by molar-refractivity contribution is 7.71. The molecule has 1 aromatic carbocycles. The van der Waals surface area contributed by atoms with Gasteiger partial charge in [-0.05, 0) is 25.1 Å². The van der Waals surface area contributed by atoms with Crippen LogP contribution in [0.3, 0.4) is 0 Å². The highest BCUT2D eigenvalue weighted by atomic mass is 35.5. The maximum Gasteiger partial charge on any atom is 0.199 e. The molecule has 3 N–H and O–H groups in total. The molecule has 2 aromatic rings. The minimum absolute atomic E-state index is 0.254. The van der Waals surface area contributed by atoms with Crippen molar-refractivity contribution in [1.29, 1.82) is 0 Å². The first kappa shape index (κ1) is 14.1. The van der Waals surface area contributed by atoms with Gasteiger partial charge in [-0.3, -0.25) is 0 Å². The molecule has 0 saturated carbocycles. The Bertz CT molecular complexity index is 687. The van der Waals surface area contributed by atoms with Gasteiger partial charge in [0.25, 0.3) is 0 Å². The van der Waals surface area contributed by atoms with Crippen LogP contribution in [0, 0.1) is 4.64 Å². The minimum Gasteiger partial charge on any atom is -0.369 e. The van der Waals surface area contributed by atoms with E-state index in [-0.39, 0.29) is 5.95 Å². The summed E-state index contributed by atoms with van der Waals surface area (Å²) in [7, 11) is 0. The van der Waals surface area contributed by atoms with Crippen molar-refractivity contribution in [3.8, 4) is 11.3 Å². The Hall–Kier alpha value is -1.36. The molecule has 0 aliphatic carbocycles. The quantitative estimate of drug-likeness (QED) is 0.788. The molecule has 0 saturated heterocycles. The Morgan fingerprint density at radius 2 is 1.89 bits per heavy atom. The van der Waals surface area contributed by atoms with Gasteiger partial charge in [0.2, 0.25) is 0 Å². The first-order valence-corrected chi connectivity index (χ1v) is 6.66. The van der Waals surface area contributed by atoms with Crippen LogP contribution in [0.1, 0.15) is 12.5 Å². The van der Waals surface area contributed by atoms with Gasteiger partial charge in [-0.15, -0.1) is 0 Å². The molecule has 0 fully saturated rings. The number of allylic oxidation sites excluding steroid dienone is 1. The van der Waals surface area contributed by atoms with Gasteiger partial charge in [-0.25, -0.2) is 4.98 Å². The number of halogens is 2. The third-order valence-electron chi connectivity index (χ3n) is 2.46. The summed E-state index contributed by atoms with van der Waals surface area (Å²) in [6.45, 7) is 1.90. The fourth-order valence-electron chi connectivity index (χ4n) is 1.75. The number of aromatic amines is 1. The number of hydrogen-bond donors (Lipinski definition) is 2. The molecule has 6 heteroatoms. The van der Waals surface area contributed by atoms with Crippen molar-refractivity contribution < 1.29 is 0 Å². The van der Waals surface area contributed by atoms with Crippen LogP contribution in [-0.2, 0) is 0 Å². The standard InChI is InChI=1S/C13H11Cl2N3S/c1-2-3-10-11(17-13(16)18-12(10)19)7-4-8(14)6-9(15)5-7/h2-6H,1H3,(H3,16,17,18,19)/b3-2+. The van der Waals surface area contributed by atoms with Crippen molar-refractivity contribution in [1.82, 2.24) is 9.97 Å². The van der Waals surface area contributed by atoms with Crippen LogP contribution < -0.4 is 5.73 Å². The van der Waals surface area contributed by atoms with E-state index in [4.69, 9.17) is 41.2 Å². The van der Waals surface area contributed by atoms with Crippen LogP contribution in [-0.4, -0.2) is 9.97 Å². The Morgan fingerprint density at radius 1 is 1.26 bits per heavy atom. The lowest BCUT2D eigenvalue weighted by Crippen LogP contribution is -2.00. The number of hydrogen-bond acceptors (Lipinski definition) is 3. The molecule has 0 aliphatic rings. The molecule has 0 spiro atoms. The van der Waals surface area contributed by atoms with Crippen molar-refractivity contribution in [3.63, 3.8) is 0 Å². The molecule has 0 atom stereocenters. The number of nitrogens with zero attached hydrogens (tertiary/aromatic N) is 1. The molecule has 1 heterocycles. The largest absolute Gasteiger partial charge is 0.369 e. The van der Waals surface area contributed by atoms with E-state index in [2.05, 4.69) is 9.97 Å². The summed E-state index contributed by atoms with van der Waals surface area (Å²) in [6, 6.07) is 5.25. The number of anilines is 1. The predicted octanol–water partition coefficient (Wildman–Crippen LogP) is 4.73. The maximum atomic E-state index is 6.02. The number of rotatable bonds is 2. The molecule has 0 aliphatic heterocycles. The van der Waals surface area contributed by atoms with E-state index < -0.39 is 0 Å². The molecule has 0 unspecified atom stereocenters. The third kappa shape index (κ3) is 3.15. The second-order valence-corrected chi connectivity index (χ2v) is 5.13. The van der Waals surface area contributed by atoms with E-state index in [1.807, 2.05) is 19.1 Å². The molecule has 3 nitrogen and oxygen atoms in total. The number of nitrogens with two attached hydrogens (primary N) is 1. The van der Waals surface area contributed by atoms with Gasteiger partial charge in [0.15, 0.2) is 5.95 Å². The average Bonchev–Trinajstić information content (AvgIpc) is 2.31. The first-order valence-electron chi connectivity index (χ1n) is 5.50. The zero-order valence-corrected chi connectivity index (χ0v) is 12.4. The molecule has 98 valence electrons. The highest BCUT2D eigenvalue weighted by Gasteiger charge is 2.09. The molecule has 19 heavy (non-hydrogen) atoms. The lowest BCUT2D eigenvalue weighted by Gasteiger charge is -2.09. The van der Waals surface area contributed by atoms with E-state index in [1.165, 1.54) is 0 Å². The Morgan fingerprint density at radius 3 is 2.47 bits per heavy atom. The zero-order chi connectivity index (χ0) is 14.0. The maximum absolute atomic E-state index is 6.02. The number of nitrogens with one attached hydrogen (secondary N) is 1. The van der Waals surface area contributed by atoms with E-state index in [1.54, 1.807) is 18.2 Å². The van der Waals surface area contributed by atoms with Crippen LogP contribution >= 0.6 is 35.4 Å². The fraction of sp³-hybridized carbons (Fsp3) is 0.0769. The van der Waals surface area contributed by atoms with E-state index in [0.29, 0.717) is 14.7 Å². The zero-order valence-electron chi connectivity index (χ0n) is 10.1. The number of nitrogen functional groups attached to an aromatic ring is 1. The van der Waals surface area contributed by atoms with Crippen molar-refractivity contribution in [2.75, 3.05) is 5.73 Å². The lowest BCUT2D eigenvalue weighted by molar-refractivity contribution is 1.16. The fourth-order valence-corrected chi connectivity index (χ4v) is 2.54. The SMILES string of the molecule is C/C=C/c1c(-c2cc(Cl)cc(Cl)c2)[nH]c(N)nc1=S. The van der Waals surface area contributed by atoms with E-state index in [9.17, 15) is 0 Å². The van der Waals surface area contributed by atoms with Crippen molar-refractivity contribution in [2.45, 2.75) is 6.92 Å². The molecule has 2 rings (SSSR count). The molecule has 0 bridgehead atoms. The number of benzene rings is 1. The van der Waals surface area contributed by atoms with Gasteiger partial charge in [0.05, 0.1) is 5.69 Å². The molecule has 1 aromatic heterocycles. The van der Waals surface area contributed by atoms with Crippen LogP contribution in [0.25, 0.3) is 17.3 Å². The summed E-state index contributed by atoms with van der Waals surface area (Å²) in [5.41, 5.74) is 8.06. The smallest absolute Gasteiger partial charge is 0.199 e. The summed E-state index contributed by atoms with van der Waals surface area (Å²) in [5.74, 6) is 0.254. The van der Waals surface area contributed by atoms with E-state index >= 15 is 0 Å². The Kier molecular flexibility index (Phi) is 4.24. The lowest BCUT2D eigenvalue weighted by atomic mass is 10.1. The second-order valence-electron chi connectivity index (χ2n) is 3.87. The average molecular weight is 312 g/mol. The molecular formula is C13H11Cl2N3S. The summed E-state index contributed by atoms with van der Waals surface area (Å²) in [5, 5.41) is 1.09. The second kappa shape index (κ2) is 5.74. The normalized spacial score (nSPS) is 11.1. The highest BCUT2D eigenvalue weighted by Crippen LogP contribution is 2.29. The van der Waals surface area contributed by atoms with Gasteiger partial charge in [-0.1, -0.05) is 47.6 Å². The van der Waals surface area contributed by atoms with Gasteiger partial charge in [0.1, 0.15) is 4.64 Å². The predicted molar refractivity (Wildman–Crippen MR) is 84.0 cm³/mol.